The molecule has 1 aliphatic rings. The van der Waals surface area contributed by atoms with Gasteiger partial charge < -0.3 is 5.32 Å². The van der Waals surface area contributed by atoms with Gasteiger partial charge in [0.2, 0.25) is 15.9 Å². The van der Waals surface area contributed by atoms with Crippen molar-refractivity contribution in [3.8, 4) is 6.07 Å². The van der Waals surface area contributed by atoms with Gasteiger partial charge in [0.25, 0.3) is 0 Å². The third-order valence-electron chi connectivity index (χ3n) is 4.61. The molecule has 1 unspecified atom stereocenters. The van der Waals surface area contributed by atoms with E-state index in [0.717, 1.165) is 18.4 Å². The van der Waals surface area contributed by atoms with E-state index >= 15 is 0 Å². The molecule has 2 aromatic carbocycles. The van der Waals surface area contributed by atoms with E-state index in [0.29, 0.717) is 25.1 Å². The van der Waals surface area contributed by atoms with Gasteiger partial charge in [-0.15, -0.1) is 0 Å². The Hall–Kier alpha value is -2.69. The first-order valence-corrected chi connectivity index (χ1v) is 10.3. The third kappa shape index (κ3) is 4.35. The van der Waals surface area contributed by atoms with Gasteiger partial charge in [-0.05, 0) is 42.7 Å². The quantitative estimate of drug-likeness (QED) is 0.859. The third-order valence-corrected chi connectivity index (χ3v) is 6.53. The number of anilines is 1. The number of rotatable bonds is 5. The highest BCUT2D eigenvalue weighted by atomic mass is 32.2. The first kappa shape index (κ1) is 19.1. The van der Waals surface area contributed by atoms with Crippen LogP contribution < -0.4 is 5.32 Å². The number of piperidine rings is 1. The van der Waals surface area contributed by atoms with Gasteiger partial charge in [-0.1, -0.05) is 36.8 Å². The van der Waals surface area contributed by atoms with Gasteiger partial charge in [-0.2, -0.15) is 9.57 Å². The summed E-state index contributed by atoms with van der Waals surface area (Å²) in [6, 6.07) is 16.5. The Morgan fingerprint density at radius 1 is 1.11 bits per heavy atom. The van der Waals surface area contributed by atoms with Crippen LogP contribution in [0.1, 0.15) is 24.8 Å². The molecule has 1 amide bonds. The molecule has 1 heterocycles. The molecule has 0 spiro atoms. The summed E-state index contributed by atoms with van der Waals surface area (Å²) in [6.07, 6.45) is 2.34. The van der Waals surface area contributed by atoms with Crippen molar-refractivity contribution < 1.29 is 13.2 Å². The fraction of sp³-hybridized carbons (Fsp3) is 0.300. The number of sulfonamides is 1. The largest absolute Gasteiger partial charge is 0.325 e. The molecular formula is C20H21N3O3S. The maximum Gasteiger partial charge on any atom is 0.243 e. The summed E-state index contributed by atoms with van der Waals surface area (Å²) in [7, 11) is -3.73. The summed E-state index contributed by atoms with van der Waals surface area (Å²) < 4.78 is 27.3. The molecule has 6 nitrogen and oxygen atoms in total. The number of benzene rings is 2. The average molecular weight is 383 g/mol. The smallest absolute Gasteiger partial charge is 0.243 e. The summed E-state index contributed by atoms with van der Waals surface area (Å²) in [6.45, 7) is 0.330. The number of carbonyl (C=O) groups is 1. The van der Waals surface area contributed by atoms with Gasteiger partial charge in [0, 0.05) is 12.2 Å². The molecule has 0 aliphatic carbocycles. The molecule has 27 heavy (non-hydrogen) atoms. The monoisotopic (exact) mass is 383 g/mol. The highest BCUT2D eigenvalue weighted by molar-refractivity contribution is 7.89. The minimum absolute atomic E-state index is 0.200. The summed E-state index contributed by atoms with van der Waals surface area (Å²) in [4.78, 5) is 13.0. The lowest BCUT2D eigenvalue weighted by Crippen LogP contribution is -2.49. The highest BCUT2D eigenvalue weighted by Crippen LogP contribution is 2.26. The molecule has 1 fully saturated rings. The fourth-order valence-electron chi connectivity index (χ4n) is 3.21. The van der Waals surface area contributed by atoms with E-state index in [1.807, 2.05) is 0 Å². The van der Waals surface area contributed by atoms with E-state index in [-0.39, 0.29) is 10.8 Å². The summed E-state index contributed by atoms with van der Waals surface area (Å²) >= 11 is 0. The Balaban J connectivity index is 1.79. The Morgan fingerprint density at radius 2 is 1.81 bits per heavy atom. The normalized spacial score (nSPS) is 17.8. The standard InChI is InChI=1S/C20H21N3O3S/c21-14-13-16-9-11-17(12-10-16)22-20(24)19-8-4-5-15-23(19)27(25,26)18-6-2-1-3-7-18/h1-3,6-7,9-12,19H,4-5,8,13,15H2,(H,22,24). The molecule has 7 heteroatoms. The summed E-state index contributed by atoms with van der Waals surface area (Å²) in [5, 5.41) is 11.5. The topological polar surface area (TPSA) is 90.3 Å². The Labute approximate surface area is 159 Å². The maximum atomic E-state index is 13.0. The van der Waals surface area contributed by atoms with Gasteiger partial charge >= 0.3 is 0 Å². The number of hydrogen-bond acceptors (Lipinski definition) is 4. The summed E-state index contributed by atoms with van der Waals surface area (Å²) in [5.74, 6) is -0.331. The molecular weight excluding hydrogens is 362 g/mol. The number of nitriles is 1. The van der Waals surface area contributed by atoms with Crippen LogP contribution in [-0.4, -0.2) is 31.2 Å². The lowest BCUT2D eigenvalue weighted by Gasteiger charge is -2.33. The first-order chi connectivity index (χ1) is 13.0. The van der Waals surface area contributed by atoms with Crippen LogP contribution >= 0.6 is 0 Å². The van der Waals surface area contributed by atoms with Crippen LogP contribution in [0.3, 0.4) is 0 Å². The second kappa shape index (κ2) is 8.33. The zero-order chi connectivity index (χ0) is 19.3. The van der Waals surface area contributed by atoms with E-state index in [1.165, 1.54) is 4.31 Å². The van der Waals surface area contributed by atoms with E-state index in [9.17, 15) is 13.2 Å². The van der Waals surface area contributed by atoms with Crippen molar-refractivity contribution in [1.82, 2.24) is 4.31 Å². The Morgan fingerprint density at radius 3 is 2.48 bits per heavy atom. The van der Waals surface area contributed by atoms with E-state index < -0.39 is 16.1 Å². The molecule has 1 aliphatic heterocycles. The fourth-order valence-corrected chi connectivity index (χ4v) is 4.88. The van der Waals surface area contributed by atoms with Crippen LogP contribution in [-0.2, 0) is 21.2 Å². The number of nitrogens with one attached hydrogen (secondary N) is 1. The van der Waals surface area contributed by atoms with E-state index in [2.05, 4.69) is 11.4 Å². The van der Waals surface area contributed by atoms with E-state index in [1.54, 1.807) is 54.6 Å². The molecule has 1 N–H and O–H groups in total. The zero-order valence-electron chi connectivity index (χ0n) is 14.8. The number of nitrogens with zero attached hydrogens (tertiary/aromatic N) is 2. The van der Waals surface area contributed by atoms with Gasteiger partial charge in [0.1, 0.15) is 6.04 Å². The predicted molar refractivity (Wildman–Crippen MR) is 102 cm³/mol. The molecule has 140 valence electrons. The first-order valence-electron chi connectivity index (χ1n) is 8.86. The molecule has 0 radical (unpaired) electrons. The van der Waals surface area contributed by atoms with Crippen molar-refractivity contribution in [3.05, 3.63) is 60.2 Å². The molecule has 0 saturated carbocycles. The lowest BCUT2D eigenvalue weighted by molar-refractivity contribution is -0.120. The van der Waals surface area contributed by atoms with Gasteiger partial charge in [0.15, 0.2) is 0 Å². The van der Waals surface area contributed by atoms with E-state index in [4.69, 9.17) is 5.26 Å². The minimum atomic E-state index is -3.73. The minimum Gasteiger partial charge on any atom is -0.325 e. The maximum absolute atomic E-state index is 13.0. The van der Waals surface area contributed by atoms with Crippen LogP contribution in [0.25, 0.3) is 0 Å². The highest BCUT2D eigenvalue weighted by Gasteiger charge is 2.37. The second-order valence-electron chi connectivity index (χ2n) is 6.46. The van der Waals surface area contributed by atoms with Gasteiger partial charge in [-0.25, -0.2) is 8.42 Å². The second-order valence-corrected chi connectivity index (χ2v) is 8.35. The molecule has 1 saturated heterocycles. The number of amides is 1. The SMILES string of the molecule is N#CCc1ccc(NC(=O)C2CCCCN2S(=O)(=O)c2ccccc2)cc1. The molecule has 0 bridgehead atoms. The van der Waals surface area contributed by atoms with Crippen LogP contribution in [0.4, 0.5) is 5.69 Å². The van der Waals surface area contributed by atoms with Crippen LogP contribution in [0, 0.1) is 11.3 Å². The number of carbonyl (C=O) groups excluding carboxylic acids is 1. The Bertz CT molecular complexity index is 935. The number of hydrogen-bond donors (Lipinski definition) is 1. The van der Waals surface area contributed by atoms with Gasteiger partial charge in [-0.3, -0.25) is 4.79 Å². The van der Waals surface area contributed by atoms with Crippen molar-refractivity contribution in [1.29, 1.82) is 5.26 Å². The van der Waals surface area contributed by atoms with Crippen LogP contribution in [0.5, 0.6) is 0 Å². The Kier molecular flexibility index (Phi) is 5.89. The van der Waals surface area contributed by atoms with Crippen LogP contribution in [0.15, 0.2) is 59.5 Å². The molecule has 0 aromatic heterocycles. The van der Waals surface area contributed by atoms with Crippen molar-refractivity contribution in [2.24, 2.45) is 0 Å². The molecule has 3 rings (SSSR count). The predicted octanol–water partition coefficient (Wildman–Crippen LogP) is 2.93. The summed E-state index contributed by atoms with van der Waals surface area (Å²) in [5.41, 5.74) is 1.45. The van der Waals surface area contributed by atoms with Crippen molar-refractivity contribution in [3.63, 3.8) is 0 Å². The van der Waals surface area contributed by atoms with Crippen molar-refractivity contribution in [2.75, 3.05) is 11.9 Å². The average Bonchev–Trinajstić information content (AvgIpc) is 2.70. The van der Waals surface area contributed by atoms with Crippen molar-refractivity contribution >= 4 is 21.6 Å². The zero-order valence-corrected chi connectivity index (χ0v) is 15.7. The molecule has 2 aromatic rings. The lowest BCUT2D eigenvalue weighted by atomic mass is 10.0. The molecule has 1 atom stereocenters. The van der Waals surface area contributed by atoms with Crippen molar-refractivity contribution in [2.45, 2.75) is 36.6 Å². The van der Waals surface area contributed by atoms with Gasteiger partial charge in [0.05, 0.1) is 17.4 Å². The van der Waals surface area contributed by atoms with Crippen LogP contribution in [0.2, 0.25) is 0 Å².